The van der Waals surface area contributed by atoms with Crippen molar-refractivity contribution in [3.05, 3.63) is 34.1 Å². The highest BCUT2D eigenvalue weighted by atomic mass is 79.9. The van der Waals surface area contributed by atoms with Gasteiger partial charge in [0.05, 0.1) is 10.9 Å². The quantitative estimate of drug-likeness (QED) is 0.870. The van der Waals surface area contributed by atoms with Gasteiger partial charge < -0.3 is 10.6 Å². The van der Waals surface area contributed by atoms with E-state index in [9.17, 15) is 9.18 Å². The van der Waals surface area contributed by atoms with Gasteiger partial charge >= 0.3 is 0 Å². The van der Waals surface area contributed by atoms with Gasteiger partial charge in [0.1, 0.15) is 5.82 Å². The van der Waals surface area contributed by atoms with Gasteiger partial charge in [-0.2, -0.15) is 0 Å². The van der Waals surface area contributed by atoms with Crippen molar-refractivity contribution < 1.29 is 9.18 Å². The van der Waals surface area contributed by atoms with Crippen molar-refractivity contribution in [2.24, 2.45) is 5.92 Å². The second-order valence-electron chi connectivity index (χ2n) is 4.92. The number of hydrogen-bond acceptors (Lipinski definition) is 2. The van der Waals surface area contributed by atoms with E-state index < -0.39 is 0 Å². The third-order valence-corrected chi connectivity index (χ3v) is 3.99. The molecule has 1 heterocycles. The fourth-order valence-electron chi connectivity index (χ4n) is 2.27. The first-order valence-electron chi connectivity index (χ1n) is 6.56. The summed E-state index contributed by atoms with van der Waals surface area (Å²) in [7, 11) is 0. The molecule has 1 aromatic carbocycles. The maximum absolute atomic E-state index is 13.1. The Morgan fingerprint density at radius 3 is 3.05 bits per heavy atom. The molecule has 1 unspecified atom stereocenters. The Bertz CT molecular complexity index is 447. The first-order chi connectivity index (χ1) is 9.15. The fraction of sp³-hybridized carbons (Fsp3) is 0.500. The molecule has 0 saturated carbocycles. The van der Waals surface area contributed by atoms with Crippen molar-refractivity contribution in [2.75, 3.05) is 19.6 Å². The summed E-state index contributed by atoms with van der Waals surface area (Å²) in [4.78, 5) is 11.7. The lowest BCUT2D eigenvalue weighted by Crippen LogP contribution is -2.27. The van der Waals surface area contributed by atoms with Crippen LogP contribution in [0, 0.1) is 11.7 Å². The van der Waals surface area contributed by atoms with Crippen molar-refractivity contribution in [2.45, 2.75) is 19.3 Å². The van der Waals surface area contributed by atoms with Crippen LogP contribution < -0.4 is 10.6 Å². The summed E-state index contributed by atoms with van der Waals surface area (Å²) in [6, 6.07) is 4.66. The molecule has 0 aromatic heterocycles. The number of nitrogens with one attached hydrogen (secondary N) is 2. The van der Waals surface area contributed by atoms with Gasteiger partial charge in [0.2, 0.25) is 5.91 Å². The lowest BCUT2D eigenvalue weighted by molar-refractivity contribution is -0.120. The summed E-state index contributed by atoms with van der Waals surface area (Å²) in [5.41, 5.74) is 0.813. The van der Waals surface area contributed by atoms with E-state index in [0.717, 1.165) is 25.1 Å². The zero-order valence-corrected chi connectivity index (χ0v) is 12.3. The summed E-state index contributed by atoms with van der Waals surface area (Å²) < 4.78 is 13.5. The monoisotopic (exact) mass is 328 g/mol. The van der Waals surface area contributed by atoms with E-state index in [2.05, 4.69) is 26.6 Å². The lowest BCUT2D eigenvalue weighted by Gasteiger charge is -2.09. The van der Waals surface area contributed by atoms with Crippen molar-refractivity contribution in [3.63, 3.8) is 0 Å². The second-order valence-corrected chi connectivity index (χ2v) is 5.78. The molecule has 0 aliphatic carbocycles. The van der Waals surface area contributed by atoms with Crippen molar-refractivity contribution in [1.29, 1.82) is 0 Å². The van der Waals surface area contributed by atoms with Gasteiger partial charge in [0.25, 0.3) is 0 Å². The molecule has 1 saturated heterocycles. The van der Waals surface area contributed by atoms with Crippen LogP contribution in [0.15, 0.2) is 22.7 Å². The minimum absolute atomic E-state index is 0.00976. The molecule has 2 N–H and O–H groups in total. The number of amides is 1. The minimum atomic E-state index is -0.308. The molecular weight excluding hydrogens is 311 g/mol. The van der Waals surface area contributed by atoms with Gasteiger partial charge in [-0.3, -0.25) is 4.79 Å². The van der Waals surface area contributed by atoms with Gasteiger partial charge in [-0.25, -0.2) is 4.39 Å². The second kappa shape index (κ2) is 7.01. The minimum Gasteiger partial charge on any atom is -0.356 e. The van der Waals surface area contributed by atoms with Crippen molar-refractivity contribution >= 4 is 21.8 Å². The van der Waals surface area contributed by atoms with Gasteiger partial charge in [-0.1, -0.05) is 6.07 Å². The van der Waals surface area contributed by atoms with Crippen LogP contribution in [0.4, 0.5) is 4.39 Å². The van der Waals surface area contributed by atoms with Gasteiger partial charge in [-0.05, 0) is 65.5 Å². The molecule has 3 nitrogen and oxygen atoms in total. The average molecular weight is 329 g/mol. The Morgan fingerprint density at radius 1 is 1.53 bits per heavy atom. The molecule has 1 aromatic rings. The van der Waals surface area contributed by atoms with Crippen LogP contribution in [-0.2, 0) is 11.2 Å². The molecule has 1 fully saturated rings. The number of halogens is 2. The maximum Gasteiger partial charge on any atom is 0.224 e. The summed E-state index contributed by atoms with van der Waals surface area (Å²) in [6.45, 7) is 2.86. The fourth-order valence-corrected chi connectivity index (χ4v) is 2.70. The Morgan fingerprint density at radius 2 is 2.37 bits per heavy atom. The molecule has 0 radical (unpaired) electrons. The summed E-state index contributed by atoms with van der Waals surface area (Å²) in [5.74, 6) is 0.364. The van der Waals surface area contributed by atoms with E-state index in [0.29, 0.717) is 23.4 Å². The molecule has 1 aliphatic heterocycles. The van der Waals surface area contributed by atoms with Crippen LogP contribution in [-0.4, -0.2) is 25.5 Å². The van der Waals surface area contributed by atoms with E-state index in [1.807, 2.05) is 0 Å². The van der Waals surface area contributed by atoms with E-state index in [1.54, 1.807) is 12.1 Å². The number of rotatable bonds is 5. The molecule has 0 bridgehead atoms. The zero-order chi connectivity index (χ0) is 13.7. The average Bonchev–Trinajstić information content (AvgIpc) is 2.87. The van der Waals surface area contributed by atoms with Crippen LogP contribution >= 0.6 is 15.9 Å². The van der Waals surface area contributed by atoms with Crippen LogP contribution in [0.3, 0.4) is 0 Å². The number of benzene rings is 1. The normalized spacial score (nSPS) is 18.5. The Kier molecular flexibility index (Phi) is 5.34. The molecule has 104 valence electrons. The van der Waals surface area contributed by atoms with Crippen LogP contribution in [0.1, 0.15) is 18.4 Å². The molecule has 5 heteroatoms. The molecule has 19 heavy (non-hydrogen) atoms. The highest BCUT2D eigenvalue weighted by molar-refractivity contribution is 9.10. The first kappa shape index (κ1) is 14.5. The molecule has 1 amide bonds. The topological polar surface area (TPSA) is 41.1 Å². The van der Waals surface area contributed by atoms with Crippen molar-refractivity contribution in [3.8, 4) is 0 Å². The first-order valence-corrected chi connectivity index (χ1v) is 7.36. The molecule has 1 atom stereocenters. The third kappa shape index (κ3) is 4.58. The summed E-state index contributed by atoms with van der Waals surface area (Å²) in [5, 5.41) is 6.22. The molecule has 1 aliphatic rings. The maximum atomic E-state index is 13.1. The number of carbonyl (C=O) groups excluding carboxylic acids is 1. The van der Waals surface area contributed by atoms with Crippen molar-refractivity contribution in [1.82, 2.24) is 10.6 Å². The SMILES string of the molecule is O=C(Cc1ccc(F)c(Br)c1)NCCC1CCNC1. The zero-order valence-electron chi connectivity index (χ0n) is 10.7. The predicted octanol–water partition coefficient (Wildman–Crippen LogP) is 2.25. The van der Waals surface area contributed by atoms with Gasteiger partial charge in [0, 0.05) is 6.54 Å². The van der Waals surface area contributed by atoms with Crippen LogP contribution in [0.25, 0.3) is 0 Å². The number of hydrogen-bond donors (Lipinski definition) is 2. The molecule has 2 rings (SSSR count). The van der Waals surface area contributed by atoms with Gasteiger partial charge in [0.15, 0.2) is 0 Å². The largest absolute Gasteiger partial charge is 0.356 e. The van der Waals surface area contributed by atoms with E-state index >= 15 is 0 Å². The lowest BCUT2D eigenvalue weighted by atomic mass is 10.1. The smallest absolute Gasteiger partial charge is 0.224 e. The Hall–Kier alpha value is -0.940. The highest BCUT2D eigenvalue weighted by Crippen LogP contribution is 2.17. The van der Waals surface area contributed by atoms with Gasteiger partial charge in [-0.15, -0.1) is 0 Å². The van der Waals surface area contributed by atoms with E-state index in [-0.39, 0.29) is 11.7 Å². The van der Waals surface area contributed by atoms with E-state index in [1.165, 1.54) is 12.5 Å². The third-order valence-electron chi connectivity index (χ3n) is 3.39. The number of carbonyl (C=O) groups is 1. The molecule has 0 spiro atoms. The highest BCUT2D eigenvalue weighted by Gasteiger charge is 2.14. The standard InChI is InChI=1S/C14H18BrFN2O/c15-12-7-11(1-2-13(12)16)8-14(19)18-6-4-10-3-5-17-9-10/h1-2,7,10,17H,3-6,8-9H2,(H,18,19). The predicted molar refractivity (Wildman–Crippen MR) is 76.4 cm³/mol. The Labute approximate surface area is 121 Å². The Balaban J connectivity index is 1.72. The van der Waals surface area contributed by atoms with E-state index in [4.69, 9.17) is 0 Å². The van der Waals surface area contributed by atoms with Crippen LogP contribution in [0.5, 0.6) is 0 Å². The summed E-state index contributed by atoms with van der Waals surface area (Å²) >= 11 is 3.12. The molecular formula is C14H18BrFN2O. The summed E-state index contributed by atoms with van der Waals surface area (Å²) in [6.07, 6.45) is 2.51. The van der Waals surface area contributed by atoms with Crippen LogP contribution in [0.2, 0.25) is 0 Å².